The predicted octanol–water partition coefficient (Wildman–Crippen LogP) is 2.87. The molecule has 0 saturated heterocycles. The molecule has 0 aromatic carbocycles. The fourth-order valence-electron chi connectivity index (χ4n) is 2.82. The molecule has 0 aliphatic heterocycles. The lowest BCUT2D eigenvalue weighted by Crippen LogP contribution is -2.46. The van der Waals surface area contributed by atoms with Crippen molar-refractivity contribution in [2.24, 2.45) is 17.3 Å². The van der Waals surface area contributed by atoms with Gasteiger partial charge in [-0.25, -0.2) is 8.78 Å². The van der Waals surface area contributed by atoms with E-state index in [2.05, 4.69) is 31.4 Å². The Bertz CT molecular complexity index is 456. The molecule has 2 aliphatic carbocycles. The Hall–Kier alpha value is -1.20. The highest BCUT2D eigenvalue weighted by Crippen LogP contribution is 2.43. The molecule has 0 bridgehead atoms. The third kappa shape index (κ3) is 5.74. The quantitative estimate of drug-likeness (QED) is 0.719. The van der Waals surface area contributed by atoms with E-state index in [0.29, 0.717) is 13.0 Å². The van der Waals surface area contributed by atoms with Gasteiger partial charge < -0.3 is 10.6 Å². The highest BCUT2D eigenvalue weighted by Gasteiger charge is 2.50. The molecule has 132 valence electrons. The Kier molecular flexibility index (Phi) is 5.31. The van der Waals surface area contributed by atoms with Crippen molar-refractivity contribution in [3.63, 3.8) is 0 Å². The van der Waals surface area contributed by atoms with E-state index >= 15 is 0 Å². The van der Waals surface area contributed by atoms with Gasteiger partial charge >= 0.3 is 0 Å². The second-order valence-electron chi connectivity index (χ2n) is 8.30. The third-order valence-corrected chi connectivity index (χ3v) is 4.69. The molecule has 2 amide bonds. The van der Waals surface area contributed by atoms with Gasteiger partial charge in [0.25, 0.3) is 0 Å². The monoisotopic (exact) mass is 330 g/mol. The number of rotatable bonds is 8. The lowest BCUT2D eigenvalue weighted by Gasteiger charge is -2.20. The summed E-state index contributed by atoms with van der Waals surface area (Å²) >= 11 is 0. The summed E-state index contributed by atoms with van der Waals surface area (Å²) in [4.78, 5) is 23.8. The Balaban J connectivity index is 1.65. The highest BCUT2D eigenvalue weighted by molar-refractivity contribution is 5.82. The van der Waals surface area contributed by atoms with Gasteiger partial charge in [-0.1, -0.05) is 20.8 Å². The van der Waals surface area contributed by atoms with Crippen molar-refractivity contribution in [2.45, 2.75) is 71.3 Å². The number of hydrogen-bond acceptors (Lipinski definition) is 2. The van der Waals surface area contributed by atoms with Gasteiger partial charge in [0.1, 0.15) is 0 Å². The summed E-state index contributed by atoms with van der Waals surface area (Å²) in [6.45, 7) is 6.79. The molecular weight excluding hydrogens is 302 g/mol. The minimum atomic E-state index is -2.41. The Labute approximate surface area is 136 Å². The third-order valence-electron chi connectivity index (χ3n) is 4.69. The topological polar surface area (TPSA) is 58.2 Å². The SMILES string of the molecule is CC(C)(C)CCCC(=O)NC1(CNC(=O)[C@H]2C[C@@H]2C(F)F)CC1. The molecule has 0 spiro atoms. The first-order valence-corrected chi connectivity index (χ1v) is 8.49. The zero-order valence-electron chi connectivity index (χ0n) is 14.3. The van der Waals surface area contributed by atoms with Crippen LogP contribution in [0.1, 0.15) is 59.3 Å². The van der Waals surface area contributed by atoms with E-state index in [4.69, 9.17) is 0 Å². The maximum Gasteiger partial charge on any atom is 0.242 e. The Morgan fingerprint density at radius 3 is 2.39 bits per heavy atom. The second-order valence-corrected chi connectivity index (χ2v) is 8.30. The van der Waals surface area contributed by atoms with Gasteiger partial charge in [0.2, 0.25) is 18.2 Å². The molecule has 2 atom stereocenters. The zero-order valence-corrected chi connectivity index (χ0v) is 14.3. The van der Waals surface area contributed by atoms with E-state index in [1.807, 2.05) is 0 Å². The van der Waals surface area contributed by atoms with E-state index in [9.17, 15) is 18.4 Å². The summed E-state index contributed by atoms with van der Waals surface area (Å²) in [5, 5.41) is 5.73. The van der Waals surface area contributed by atoms with Crippen LogP contribution in [0.25, 0.3) is 0 Å². The first-order valence-electron chi connectivity index (χ1n) is 8.49. The van der Waals surface area contributed by atoms with Crippen LogP contribution in [0.4, 0.5) is 8.78 Å². The van der Waals surface area contributed by atoms with Crippen LogP contribution in [0.3, 0.4) is 0 Å². The highest BCUT2D eigenvalue weighted by atomic mass is 19.3. The van der Waals surface area contributed by atoms with Gasteiger partial charge in [0.05, 0.1) is 5.54 Å². The average Bonchev–Trinajstić information content (AvgIpc) is 3.29. The van der Waals surface area contributed by atoms with Crippen molar-refractivity contribution in [1.82, 2.24) is 10.6 Å². The molecule has 2 rings (SSSR count). The van der Waals surface area contributed by atoms with Crippen molar-refractivity contribution in [1.29, 1.82) is 0 Å². The van der Waals surface area contributed by atoms with E-state index < -0.39 is 18.3 Å². The number of halogens is 2. The summed E-state index contributed by atoms with van der Waals surface area (Å²) in [5.74, 6) is -1.62. The smallest absolute Gasteiger partial charge is 0.242 e. The summed E-state index contributed by atoms with van der Waals surface area (Å²) in [5.41, 5.74) is -0.124. The number of amides is 2. The van der Waals surface area contributed by atoms with Gasteiger partial charge in [-0.3, -0.25) is 9.59 Å². The molecular formula is C17H28F2N2O2. The summed E-state index contributed by atoms with van der Waals surface area (Å²) in [6.07, 6.45) is 1.85. The molecule has 23 heavy (non-hydrogen) atoms. The molecule has 0 radical (unpaired) electrons. The van der Waals surface area contributed by atoms with Crippen molar-refractivity contribution in [3.8, 4) is 0 Å². The maximum atomic E-state index is 12.5. The van der Waals surface area contributed by atoms with Gasteiger partial charge in [0.15, 0.2) is 0 Å². The summed E-state index contributed by atoms with van der Waals surface area (Å²) in [7, 11) is 0. The number of carbonyl (C=O) groups is 2. The normalized spacial score (nSPS) is 25.1. The van der Waals surface area contributed by atoms with Gasteiger partial charge in [-0.15, -0.1) is 0 Å². The second kappa shape index (κ2) is 6.73. The molecule has 0 unspecified atom stereocenters. The molecule has 0 aromatic heterocycles. The predicted molar refractivity (Wildman–Crippen MR) is 84.0 cm³/mol. The number of alkyl halides is 2. The fraction of sp³-hybridized carbons (Fsp3) is 0.882. The van der Waals surface area contributed by atoms with Crippen LogP contribution in [-0.4, -0.2) is 30.3 Å². The average molecular weight is 330 g/mol. The standard InChI is InChI=1S/C17H28F2N2O2/c1-16(2,3)6-4-5-13(22)21-17(7-8-17)10-20-15(23)12-9-11(12)14(18)19/h11-12,14H,4-10H2,1-3H3,(H,20,23)(H,21,22)/t11-,12-/m0/s1. The van der Waals surface area contributed by atoms with Crippen molar-refractivity contribution >= 4 is 11.8 Å². The Morgan fingerprint density at radius 1 is 1.26 bits per heavy atom. The van der Waals surface area contributed by atoms with Crippen LogP contribution in [0.2, 0.25) is 0 Å². The van der Waals surface area contributed by atoms with Crippen LogP contribution in [-0.2, 0) is 9.59 Å². The van der Waals surface area contributed by atoms with E-state index in [0.717, 1.165) is 25.7 Å². The van der Waals surface area contributed by atoms with Gasteiger partial charge in [-0.2, -0.15) is 0 Å². The summed E-state index contributed by atoms with van der Waals surface area (Å²) in [6, 6.07) is 0. The molecule has 4 nitrogen and oxygen atoms in total. The minimum absolute atomic E-state index is 0.0119. The molecule has 2 fully saturated rings. The van der Waals surface area contributed by atoms with Crippen molar-refractivity contribution in [2.75, 3.05) is 6.54 Å². The Morgan fingerprint density at radius 2 is 1.91 bits per heavy atom. The van der Waals surface area contributed by atoms with E-state index in [-0.39, 0.29) is 29.2 Å². The number of nitrogens with one attached hydrogen (secondary N) is 2. The van der Waals surface area contributed by atoms with Gasteiger partial charge in [-0.05, 0) is 37.5 Å². The number of carbonyl (C=O) groups excluding carboxylic acids is 2. The molecule has 2 N–H and O–H groups in total. The van der Waals surface area contributed by atoms with Crippen LogP contribution in [0.15, 0.2) is 0 Å². The van der Waals surface area contributed by atoms with Gasteiger partial charge in [0, 0.05) is 24.8 Å². The van der Waals surface area contributed by atoms with E-state index in [1.54, 1.807) is 0 Å². The lowest BCUT2D eigenvalue weighted by molar-refractivity contribution is -0.125. The molecule has 2 saturated carbocycles. The van der Waals surface area contributed by atoms with Crippen LogP contribution < -0.4 is 10.6 Å². The molecule has 0 heterocycles. The van der Waals surface area contributed by atoms with Crippen LogP contribution in [0, 0.1) is 17.3 Å². The molecule has 0 aromatic rings. The lowest BCUT2D eigenvalue weighted by atomic mass is 9.90. The minimum Gasteiger partial charge on any atom is -0.353 e. The number of hydrogen-bond donors (Lipinski definition) is 2. The van der Waals surface area contributed by atoms with E-state index in [1.165, 1.54) is 0 Å². The maximum absolute atomic E-state index is 12.5. The first-order chi connectivity index (χ1) is 10.6. The van der Waals surface area contributed by atoms with Crippen LogP contribution >= 0.6 is 0 Å². The first kappa shape index (κ1) is 18.1. The van der Waals surface area contributed by atoms with Crippen molar-refractivity contribution < 1.29 is 18.4 Å². The fourth-order valence-corrected chi connectivity index (χ4v) is 2.82. The molecule has 6 heteroatoms. The van der Waals surface area contributed by atoms with Crippen molar-refractivity contribution in [3.05, 3.63) is 0 Å². The van der Waals surface area contributed by atoms with Crippen LogP contribution in [0.5, 0.6) is 0 Å². The summed E-state index contributed by atoms with van der Waals surface area (Å²) < 4.78 is 24.9. The zero-order chi connectivity index (χ0) is 17.3. The largest absolute Gasteiger partial charge is 0.353 e. The molecule has 2 aliphatic rings.